The van der Waals surface area contributed by atoms with Gasteiger partial charge in [-0.25, -0.2) is 3.63 Å². The number of halogens is 1. The Kier molecular flexibility index (Phi) is 10.4. The lowest BCUT2D eigenvalue weighted by Gasteiger charge is -1.88. The van der Waals surface area contributed by atoms with Gasteiger partial charge in [0.1, 0.15) is 0 Å². The highest BCUT2D eigenvalue weighted by Crippen LogP contribution is 2.04. The molecule has 13 heavy (non-hydrogen) atoms. The van der Waals surface area contributed by atoms with Crippen LogP contribution < -0.4 is 0 Å². The molecular weight excluding hydrogens is 224 g/mol. The van der Waals surface area contributed by atoms with E-state index in [-0.39, 0.29) is 0 Å². The first-order chi connectivity index (χ1) is 6.35. The van der Waals surface area contributed by atoms with Crippen molar-refractivity contribution >= 4 is 35.7 Å². The van der Waals surface area contributed by atoms with Crippen molar-refractivity contribution < 1.29 is 3.63 Å². The molecule has 0 amide bonds. The highest BCUT2D eigenvalue weighted by Gasteiger charge is 1.81. The maximum Gasteiger partial charge on any atom is 0.0474 e. The number of rotatable bonds is 3. The van der Waals surface area contributed by atoms with Crippen molar-refractivity contribution in [1.82, 2.24) is 0 Å². The van der Waals surface area contributed by atoms with Gasteiger partial charge in [0, 0.05) is 42.5 Å². The monoisotopic (exact) mass is 236 g/mol. The zero-order chi connectivity index (χ0) is 9.94. The molecule has 1 aromatic rings. The summed E-state index contributed by atoms with van der Waals surface area (Å²) in [6.45, 7) is 0. The number of hydrogen-bond donors (Lipinski definition) is 0. The third-order valence-corrected chi connectivity index (χ3v) is 2.53. The van der Waals surface area contributed by atoms with E-state index in [9.17, 15) is 0 Å². The van der Waals surface area contributed by atoms with Crippen LogP contribution in [0.3, 0.4) is 0 Å². The summed E-state index contributed by atoms with van der Waals surface area (Å²) in [5, 5.41) is 0. The average Bonchev–Trinajstić information content (AvgIpc) is 2.21. The summed E-state index contributed by atoms with van der Waals surface area (Å²) in [6.07, 6.45) is 3.77. The van der Waals surface area contributed by atoms with Crippen molar-refractivity contribution in [1.29, 1.82) is 0 Å². The Morgan fingerprint density at radius 1 is 1.15 bits per heavy atom. The van der Waals surface area contributed by atoms with Gasteiger partial charge in [0.2, 0.25) is 0 Å². The molecular formula is C9H13ClOS2. The molecule has 0 radical (unpaired) electrons. The Morgan fingerprint density at radius 2 is 1.69 bits per heavy atom. The van der Waals surface area contributed by atoms with E-state index in [1.807, 2.05) is 42.8 Å². The van der Waals surface area contributed by atoms with E-state index in [0.717, 1.165) is 0 Å². The fourth-order valence-corrected chi connectivity index (χ4v) is 1.36. The molecule has 0 atom stereocenters. The van der Waals surface area contributed by atoms with E-state index in [4.69, 9.17) is 11.6 Å². The number of hydrogen-bond acceptors (Lipinski definition) is 3. The minimum atomic E-state index is 0.612. The van der Waals surface area contributed by atoms with Gasteiger partial charge in [-0.15, -0.1) is 11.6 Å². The molecule has 0 unspecified atom stereocenters. The minimum Gasteiger partial charge on any atom is -0.248 e. The zero-order valence-corrected chi connectivity index (χ0v) is 10.1. The fourth-order valence-electron chi connectivity index (χ4n) is 0.635. The van der Waals surface area contributed by atoms with Crippen molar-refractivity contribution in [2.75, 3.05) is 12.5 Å². The Hall–Kier alpha value is 0.170. The van der Waals surface area contributed by atoms with E-state index in [1.165, 1.54) is 29.6 Å². The normalized spacial score (nSPS) is 8.85. The molecule has 0 heterocycles. The SMILES string of the molecule is CSOSC.ClCc1ccccc1. The van der Waals surface area contributed by atoms with Crippen molar-refractivity contribution in [2.24, 2.45) is 0 Å². The molecule has 1 rings (SSSR count). The summed E-state index contributed by atoms with van der Waals surface area (Å²) in [5.74, 6) is 0.612. The fraction of sp³-hybridized carbons (Fsp3) is 0.333. The first kappa shape index (κ1) is 13.2. The second-order valence-electron chi connectivity index (χ2n) is 2.02. The summed E-state index contributed by atoms with van der Waals surface area (Å²) in [7, 11) is 0. The smallest absolute Gasteiger partial charge is 0.0474 e. The molecule has 74 valence electrons. The third kappa shape index (κ3) is 8.50. The summed E-state index contributed by atoms with van der Waals surface area (Å²) in [4.78, 5) is 0. The first-order valence-electron chi connectivity index (χ1n) is 3.68. The molecule has 0 saturated heterocycles. The molecule has 0 aliphatic rings. The second-order valence-corrected chi connectivity index (χ2v) is 3.50. The Bertz CT molecular complexity index is 192. The van der Waals surface area contributed by atoms with Crippen LogP contribution in [0, 0.1) is 0 Å². The van der Waals surface area contributed by atoms with E-state index in [1.54, 1.807) is 0 Å². The molecule has 0 aliphatic heterocycles. The van der Waals surface area contributed by atoms with Crippen LogP contribution in [0.15, 0.2) is 30.3 Å². The van der Waals surface area contributed by atoms with E-state index < -0.39 is 0 Å². The lowest BCUT2D eigenvalue weighted by Crippen LogP contribution is -1.71. The first-order valence-corrected chi connectivity index (χ1v) is 6.52. The molecule has 0 spiro atoms. The Morgan fingerprint density at radius 3 is 1.92 bits per heavy atom. The van der Waals surface area contributed by atoms with Crippen LogP contribution in [-0.4, -0.2) is 12.5 Å². The maximum atomic E-state index is 5.53. The van der Waals surface area contributed by atoms with Gasteiger partial charge in [-0.05, 0) is 5.56 Å². The highest BCUT2D eigenvalue weighted by molar-refractivity contribution is 8.07. The van der Waals surface area contributed by atoms with Gasteiger partial charge in [-0.3, -0.25) is 0 Å². The van der Waals surface area contributed by atoms with Crippen molar-refractivity contribution in [3.8, 4) is 0 Å². The molecule has 0 aromatic heterocycles. The van der Waals surface area contributed by atoms with E-state index in [2.05, 4.69) is 3.63 Å². The molecule has 0 bridgehead atoms. The van der Waals surface area contributed by atoms with Crippen LogP contribution in [0.2, 0.25) is 0 Å². The van der Waals surface area contributed by atoms with Crippen molar-refractivity contribution in [2.45, 2.75) is 5.88 Å². The van der Waals surface area contributed by atoms with Crippen LogP contribution >= 0.6 is 35.7 Å². The average molecular weight is 237 g/mol. The lowest BCUT2D eigenvalue weighted by atomic mass is 10.2. The summed E-state index contributed by atoms with van der Waals surface area (Å²) >= 11 is 8.26. The maximum absolute atomic E-state index is 5.53. The van der Waals surface area contributed by atoms with Crippen molar-refractivity contribution in [3.05, 3.63) is 35.9 Å². The molecule has 0 N–H and O–H groups in total. The van der Waals surface area contributed by atoms with Crippen LogP contribution in [0.4, 0.5) is 0 Å². The zero-order valence-electron chi connectivity index (χ0n) is 7.70. The standard InChI is InChI=1S/C7H7Cl.C2H6OS2/c8-6-7-4-2-1-3-5-7;1-4-3-5-2/h1-5H,6H2;1-2H3. The molecule has 0 fully saturated rings. The Labute approximate surface area is 93.6 Å². The minimum absolute atomic E-state index is 0.612. The summed E-state index contributed by atoms with van der Waals surface area (Å²) in [5.41, 5.74) is 1.18. The van der Waals surface area contributed by atoms with Crippen molar-refractivity contribution in [3.63, 3.8) is 0 Å². The number of alkyl halides is 1. The number of benzene rings is 1. The topological polar surface area (TPSA) is 9.23 Å². The predicted octanol–water partition coefficient (Wildman–Crippen LogP) is 3.98. The quantitative estimate of drug-likeness (QED) is 0.580. The Balaban J connectivity index is 0.000000252. The molecule has 1 aromatic carbocycles. The van der Waals surface area contributed by atoms with Gasteiger partial charge < -0.3 is 0 Å². The van der Waals surface area contributed by atoms with Gasteiger partial charge >= 0.3 is 0 Å². The van der Waals surface area contributed by atoms with E-state index >= 15 is 0 Å². The molecule has 0 aliphatic carbocycles. The molecule has 4 heteroatoms. The molecule has 0 saturated carbocycles. The third-order valence-electron chi connectivity index (χ3n) is 1.13. The van der Waals surface area contributed by atoms with Crippen LogP contribution in [0.1, 0.15) is 5.56 Å². The predicted molar refractivity (Wildman–Crippen MR) is 64.1 cm³/mol. The van der Waals surface area contributed by atoms with Crippen LogP contribution in [-0.2, 0) is 9.51 Å². The van der Waals surface area contributed by atoms with Crippen LogP contribution in [0.5, 0.6) is 0 Å². The van der Waals surface area contributed by atoms with Gasteiger partial charge in [0.05, 0.1) is 0 Å². The molecule has 1 nitrogen and oxygen atoms in total. The van der Waals surface area contributed by atoms with E-state index in [0.29, 0.717) is 5.88 Å². The largest absolute Gasteiger partial charge is 0.248 e. The van der Waals surface area contributed by atoms with Gasteiger partial charge in [0.15, 0.2) is 0 Å². The highest BCUT2D eigenvalue weighted by atomic mass is 35.5. The summed E-state index contributed by atoms with van der Waals surface area (Å²) in [6, 6.07) is 9.96. The van der Waals surface area contributed by atoms with Gasteiger partial charge in [-0.2, -0.15) is 0 Å². The lowest BCUT2D eigenvalue weighted by molar-refractivity contribution is 0.769. The summed E-state index contributed by atoms with van der Waals surface area (Å²) < 4.78 is 4.67. The second kappa shape index (κ2) is 10.3. The van der Waals surface area contributed by atoms with Gasteiger partial charge in [0.25, 0.3) is 0 Å². The van der Waals surface area contributed by atoms with Gasteiger partial charge in [-0.1, -0.05) is 30.3 Å². The van der Waals surface area contributed by atoms with Crippen LogP contribution in [0.25, 0.3) is 0 Å².